The molecule has 0 spiro atoms. The molecule has 2 saturated heterocycles. The van der Waals surface area contributed by atoms with Crippen LogP contribution >= 0.6 is 0 Å². The van der Waals surface area contributed by atoms with Gasteiger partial charge in [-0.2, -0.15) is 0 Å². The third kappa shape index (κ3) is 5.06. The Morgan fingerprint density at radius 1 is 0.889 bits per heavy atom. The fourth-order valence-corrected chi connectivity index (χ4v) is 2.15. The molecular formula is C14H24O4. The Kier molecular flexibility index (Phi) is 6.14. The average Bonchev–Trinajstić information content (AvgIpc) is 2.45. The van der Waals surface area contributed by atoms with Crippen molar-refractivity contribution in [2.45, 2.75) is 51.1 Å². The fraction of sp³-hybridized carbons (Fsp3) is 0.857. The first kappa shape index (κ1) is 14.0. The summed E-state index contributed by atoms with van der Waals surface area (Å²) in [5.41, 5.74) is 0.943. The summed E-state index contributed by atoms with van der Waals surface area (Å²) in [4.78, 5) is 0. The van der Waals surface area contributed by atoms with Crippen LogP contribution in [0.15, 0.2) is 12.2 Å². The molecule has 18 heavy (non-hydrogen) atoms. The van der Waals surface area contributed by atoms with E-state index in [1.807, 2.05) is 0 Å². The lowest BCUT2D eigenvalue weighted by Crippen LogP contribution is -2.25. The van der Waals surface area contributed by atoms with Gasteiger partial charge < -0.3 is 18.9 Å². The van der Waals surface area contributed by atoms with Crippen molar-refractivity contribution in [3.05, 3.63) is 12.2 Å². The molecule has 0 amide bonds. The Balaban J connectivity index is 1.54. The monoisotopic (exact) mass is 256 g/mol. The van der Waals surface area contributed by atoms with Crippen molar-refractivity contribution < 1.29 is 18.9 Å². The molecule has 4 heteroatoms. The van der Waals surface area contributed by atoms with E-state index in [2.05, 4.69) is 6.58 Å². The van der Waals surface area contributed by atoms with Crippen molar-refractivity contribution in [1.82, 2.24) is 0 Å². The van der Waals surface area contributed by atoms with E-state index in [1.54, 1.807) is 0 Å². The molecule has 2 fully saturated rings. The van der Waals surface area contributed by atoms with E-state index in [-0.39, 0.29) is 12.6 Å². The second-order valence-electron chi connectivity index (χ2n) is 4.96. The van der Waals surface area contributed by atoms with Crippen LogP contribution in [0.5, 0.6) is 0 Å². The normalized spacial score (nSPS) is 29.1. The molecule has 4 nitrogen and oxygen atoms in total. The highest BCUT2D eigenvalue weighted by molar-refractivity contribution is 4.94. The van der Waals surface area contributed by atoms with E-state index in [0.29, 0.717) is 13.2 Å². The van der Waals surface area contributed by atoms with Crippen molar-refractivity contribution in [3.8, 4) is 0 Å². The second kappa shape index (κ2) is 7.89. The van der Waals surface area contributed by atoms with Crippen molar-refractivity contribution in [2.24, 2.45) is 0 Å². The lowest BCUT2D eigenvalue weighted by Gasteiger charge is -2.25. The van der Waals surface area contributed by atoms with Crippen LogP contribution in [0.3, 0.4) is 0 Å². The van der Waals surface area contributed by atoms with E-state index in [4.69, 9.17) is 18.9 Å². The van der Waals surface area contributed by atoms with Crippen molar-refractivity contribution in [2.75, 3.05) is 26.4 Å². The molecule has 0 radical (unpaired) electrons. The van der Waals surface area contributed by atoms with Crippen LogP contribution in [0.1, 0.15) is 38.5 Å². The van der Waals surface area contributed by atoms with Crippen LogP contribution in [-0.4, -0.2) is 39.0 Å². The highest BCUT2D eigenvalue weighted by Gasteiger charge is 2.16. The van der Waals surface area contributed by atoms with Crippen LogP contribution in [0.2, 0.25) is 0 Å². The van der Waals surface area contributed by atoms with Gasteiger partial charge in [-0.05, 0) is 44.1 Å². The van der Waals surface area contributed by atoms with Gasteiger partial charge in [0.05, 0.1) is 13.2 Å². The van der Waals surface area contributed by atoms with Crippen molar-refractivity contribution in [1.29, 1.82) is 0 Å². The Morgan fingerprint density at radius 3 is 1.78 bits per heavy atom. The highest BCUT2D eigenvalue weighted by atomic mass is 16.7. The molecule has 104 valence electrons. The van der Waals surface area contributed by atoms with Crippen LogP contribution in [-0.2, 0) is 18.9 Å². The smallest absolute Gasteiger partial charge is 0.158 e. The van der Waals surface area contributed by atoms with Crippen LogP contribution in [0.25, 0.3) is 0 Å². The maximum Gasteiger partial charge on any atom is 0.158 e. The topological polar surface area (TPSA) is 36.9 Å². The van der Waals surface area contributed by atoms with Gasteiger partial charge in [0.1, 0.15) is 0 Å². The van der Waals surface area contributed by atoms with Gasteiger partial charge in [-0.3, -0.25) is 0 Å². The summed E-state index contributed by atoms with van der Waals surface area (Å²) in [5.74, 6) is 0. The van der Waals surface area contributed by atoms with Crippen LogP contribution < -0.4 is 0 Å². The van der Waals surface area contributed by atoms with Gasteiger partial charge in [-0.25, -0.2) is 0 Å². The van der Waals surface area contributed by atoms with Gasteiger partial charge in [0.2, 0.25) is 0 Å². The first-order valence-corrected chi connectivity index (χ1v) is 6.97. The number of rotatable bonds is 6. The minimum absolute atomic E-state index is 0.0542. The Morgan fingerprint density at radius 2 is 1.39 bits per heavy atom. The molecule has 2 aliphatic rings. The predicted octanol–water partition coefficient (Wildman–Crippen LogP) is 2.63. The Labute approximate surface area is 109 Å². The van der Waals surface area contributed by atoms with Crippen LogP contribution in [0, 0.1) is 0 Å². The zero-order valence-electron chi connectivity index (χ0n) is 11.1. The van der Waals surface area contributed by atoms with Gasteiger partial charge in [0.15, 0.2) is 12.6 Å². The first-order chi connectivity index (χ1) is 8.84. The molecule has 0 aromatic carbocycles. The standard InChI is InChI=1S/C14H24O4/c1-12(10-17-13-6-2-4-8-15-13)11-18-14-7-3-5-9-16-14/h13-14H,1-11H2. The zero-order valence-corrected chi connectivity index (χ0v) is 11.1. The molecule has 2 unspecified atom stereocenters. The maximum atomic E-state index is 5.64. The second-order valence-corrected chi connectivity index (χ2v) is 4.96. The predicted molar refractivity (Wildman–Crippen MR) is 68.2 cm³/mol. The van der Waals surface area contributed by atoms with E-state index in [0.717, 1.165) is 44.5 Å². The summed E-state index contributed by atoms with van der Waals surface area (Å²) in [6.45, 7) is 6.60. The third-order valence-corrected chi connectivity index (χ3v) is 3.22. The average molecular weight is 256 g/mol. The Bertz CT molecular complexity index is 218. The van der Waals surface area contributed by atoms with E-state index in [9.17, 15) is 0 Å². The Hall–Kier alpha value is -0.420. The summed E-state index contributed by atoms with van der Waals surface area (Å²) in [6.07, 6.45) is 6.52. The molecule has 0 aromatic rings. The minimum atomic E-state index is -0.0542. The zero-order chi connectivity index (χ0) is 12.6. The summed E-state index contributed by atoms with van der Waals surface area (Å²) in [6, 6.07) is 0. The number of hydrogen-bond donors (Lipinski definition) is 0. The van der Waals surface area contributed by atoms with Gasteiger partial charge in [-0.1, -0.05) is 6.58 Å². The lowest BCUT2D eigenvalue weighted by molar-refractivity contribution is -0.168. The summed E-state index contributed by atoms with van der Waals surface area (Å²) in [7, 11) is 0. The first-order valence-electron chi connectivity index (χ1n) is 6.97. The fourth-order valence-electron chi connectivity index (χ4n) is 2.15. The number of ether oxygens (including phenoxy) is 4. The van der Waals surface area contributed by atoms with Gasteiger partial charge in [0, 0.05) is 13.2 Å². The van der Waals surface area contributed by atoms with E-state index < -0.39 is 0 Å². The summed E-state index contributed by atoms with van der Waals surface area (Å²) >= 11 is 0. The maximum absolute atomic E-state index is 5.64. The molecule has 0 aliphatic carbocycles. The van der Waals surface area contributed by atoms with Gasteiger partial charge in [-0.15, -0.1) is 0 Å². The summed E-state index contributed by atoms with van der Waals surface area (Å²) in [5, 5.41) is 0. The lowest BCUT2D eigenvalue weighted by atomic mass is 10.2. The molecule has 2 heterocycles. The molecular weight excluding hydrogens is 232 g/mol. The minimum Gasteiger partial charge on any atom is -0.353 e. The SMILES string of the molecule is C=C(COC1CCCCO1)COC1CCCCO1. The van der Waals surface area contributed by atoms with E-state index >= 15 is 0 Å². The molecule has 0 bridgehead atoms. The molecule has 2 atom stereocenters. The molecule has 0 saturated carbocycles. The number of hydrogen-bond acceptors (Lipinski definition) is 4. The molecule has 2 rings (SSSR count). The highest BCUT2D eigenvalue weighted by Crippen LogP contribution is 2.16. The molecule has 0 N–H and O–H groups in total. The van der Waals surface area contributed by atoms with Gasteiger partial charge >= 0.3 is 0 Å². The third-order valence-electron chi connectivity index (χ3n) is 3.22. The largest absolute Gasteiger partial charge is 0.353 e. The quantitative estimate of drug-likeness (QED) is 0.685. The van der Waals surface area contributed by atoms with Gasteiger partial charge in [0.25, 0.3) is 0 Å². The van der Waals surface area contributed by atoms with E-state index in [1.165, 1.54) is 12.8 Å². The van der Waals surface area contributed by atoms with Crippen molar-refractivity contribution in [3.63, 3.8) is 0 Å². The molecule has 2 aliphatic heterocycles. The summed E-state index contributed by atoms with van der Waals surface area (Å²) < 4.78 is 22.3. The van der Waals surface area contributed by atoms with Crippen molar-refractivity contribution >= 4 is 0 Å². The molecule has 0 aromatic heterocycles. The van der Waals surface area contributed by atoms with Crippen LogP contribution in [0.4, 0.5) is 0 Å².